The number of rotatable bonds is 7. The highest BCUT2D eigenvalue weighted by Gasteiger charge is 2.36. The third-order valence-corrected chi connectivity index (χ3v) is 7.57. The zero-order valence-corrected chi connectivity index (χ0v) is 23.4. The number of aliphatic carboxylic acids is 1. The Morgan fingerprint density at radius 2 is 1.81 bits per heavy atom. The molecule has 2 aliphatic rings. The lowest BCUT2D eigenvalue weighted by atomic mass is 9.82. The van der Waals surface area contributed by atoms with Crippen molar-refractivity contribution in [2.75, 3.05) is 31.1 Å². The van der Waals surface area contributed by atoms with Gasteiger partial charge in [0.15, 0.2) is 6.10 Å². The molecule has 37 heavy (non-hydrogen) atoms. The molecular formula is C31H43N3O3. The first-order valence-corrected chi connectivity index (χ1v) is 13.5. The first kappa shape index (κ1) is 27.3. The molecule has 0 bridgehead atoms. The van der Waals surface area contributed by atoms with Crippen molar-refractivity contribution in [3.63, 3.8) is 0 Å². The van der Waals surface area contributed by atoms with E-state index >= 15 is 0 Å². The van der Waals surface area contributed by atoms with E-state index in [-0.39, 0.29) is 5.41 Å². The van der Waals surface area contributed by atoms with Gasteiger partial charge in [0.05, 0.1) is 11.3 Å². The van der Waals surface area contributed by atoms with E-state index in [4.69, 9.17) is 9.72 Å². The number of pyridine rings is 1. The number of anilines is 1. The van der Waals surface area contributed by atoms with Crippen LogP contribution in [-0.4, -0.2) is 52.7 Å². The molecule has 1 aromatic heterocycles. The fourth-order valence-electron chi connectivity index (χ4n) is 5.36. The highest BCUT2D eigenvalue weighted by Crippen LogP contribution is 2.43. The van der Waals surface area contributed by atoms with Gasteiger partial charge in [0.1, 0.15) is 0 Å². The number of ether oxygens (including phenoxy) is 1. The van der Waals surface area contributed by atoms with E-state index in [0.29, 0.717) is 5.56 Å². The maximum Gasteiger partial charge on any atom is 0.337 e. The highest BCUT2D eigenvalue weighted by molar-refractivity contribution is 5.85. The number of aromatic nitrogens is 1. The van der Waals surface area contributed by atoms with Crippen LogP contribution in [0, 0.1) is 12.3 Å². The largest absolute Gasteiger partial charge is 0.479 e. The lowest BCUT2D eigenvalue weighted by molar-refractivity contribution is -0.160. The van der Waals surface area contributed by atoms with Crippen LogP contribution in [0.2, 0.25) is 0 Å². The average molecular weight is 506 g/mol. The molecule has 6 heteroatoms. The van der Waals surface area contributed by atoms with Crippen LogP contribution >= 0.6 is 0 Å². The SMILES string of the molecule is Cc1ncc(C2=CCN(Cc3ccccc3)CC2)c(N2CCC(C)(C)CC2)c1[C@H](OC(C)(C)C)C(=O)O. The van der Waals surface area contributed by atoms with Gasteiger partial charge in [-0.15, -0.1) is 0 Å². The Balaban J connectivity index is 1.73. The third-order valence-electron chi connectivity index (χ3n) is 7.57. The molecule has 0 radical (unpaired) electrons. The van der Waals surface area contributed by atoms with Gasteiger partial charge in [-0.3, -0.25) is 9.88 Å². The predicted molar refractivity (Wildman–Crippen MR) is 150 cm³/mol. The molecule has 0 aliphatic carbocycles. The van der Waals surface area contributed by atoms with Crippen LogP contribution in [0.5, 0.6) is 0 Å². The smallest absolute Gasteiger partial charge is 0.337 e. The van der Waals surface area contributed by atoms with E-state index in [1.165, 1.54) is 11.1 Å². The third kappa shape index (κ3) is 6.79. The van der Waals surface area contributed by atoms with Gasteiger partial charge in [0, 0.05) is 55.7 Å². The molecule has 1 aromatic carbocycles. The van der Waals surface area contributed by atoms with Gasteiger partial charge >= 0.3 is 5.97 Å². The fourth-order valence-corrected chi connectivity index (χ4v) is 5.36. The second-order valence-electron chi connectivity index (χ2n) is 12.3. The van der Waals surface area contributed by atoms with Gasteiger partial charge in [-0.25, -0.2) is 4.79 Å². The first-order chi connectivity index (χ1) is 17.4. The fraction of sp³-hybridized carbons (Fsp3) is 0.548. The van der Waals surface area contributed by atoms with Gasteiger partial charge in [-0.05, 0) is 63.5 Å². The number of carboxylic acids is 1. The Morgan fingerprint density at radius 1 is 1.14 bits per heavy atom. The Hall–Kier alpha value is -2.70. The summed E-state index contributed by atoms with van der Waals surface area (Å²) in [7, 11) is 0. The maximum atomic E-state index is 12.6. The van der Waals surface area contributed by atoms with E-state index in [2.05, 4.69) is 60.1 Å². The van der Waals surface area contributed by atoms with Crippen LogP contribution in [-0.2, 0) is 16.1 Å². The molecule has 0 unspecified atom stereocenters. The van der Waals surface area contributed by atoms with Crippen molar-refractivity contribution in [3.05, 3.63) is 65.0 Å². The van der Waals surface area contributed by atoms with Crippen LogP contribution in [0.15, 0.2) is 42.6 Å². The molecule has 1 atom stereocenters. The van der Waals surface area contributed by atoms with Crippen molar-refractivity contribution in [1.29, 1.82) is 0 Å². The van der Waals surface area contributed by atoms with Crippen molar-refractivity contribution in [2.45, 2.75) is 79.1 Å². The van der Waals surface area contributed by atoms with E-state index in [1.807, 2.05) is 33.9 Å². The predicted octanol–water partition coefficient (Wildman–Crippen LogP) is 6.25. The van der Waals surface area contributed by atoms with Crippen molar-refractivity contribution < 1.29 is 14.6 Å². The Morgan fingerprint density at radius 3 is 2.38 bits per heavy atom. The molecule has 0 amide bonds. The summed E-state index contributed by atoms with van der Waals surface area (Å²) in [6, 6.07) is 10.6. The average Bonchev–Trinajstić information content (AvgIpc) is 2.83. The molecular weight excluding hydrogens is 462 g/mol. The number of aryl methyl sites for hydroxylation is 1. The summed E-state index contributed by atoms with van der Waals surface area (Å²) in [5.41, 5.74) is 5.74. The van der Waals surface area contributed by atoms with E-state index in [9.17, 15) is 9.90 Å². The normalized spacial score (nSPS) is 19.4. The molecule has 6 nitrogen and oxygen atoms in total. The molecule has 0 saturated carbocycles. The zero-order valence-electron chi connectivity index (χ0n) is 23.4. The van der Waals surface area contributed by atoms with Crippen LogP contribution in [0.25, 0.3) is 5.57 Å². The maximum absolute atomic E-state index is 12.6. The zero-order chi connectivity index (χ0) is 26.8. The molecule has 1 N–H and O–H groups in total. The van der Waals surface area contributed by atoms with E-state index < -0.39 is 17.7 Å². The minimum atomic E-state index is -1.07. The highest BCUT2D eigenvalue weighted by atomic mass is 16.5. The second-order valence-corrected chi connectivity index (χ2v) is 12.3. The summed E-state index contributed by atoms with van der Waals surface area (Å²) in [6.45, 7) is 16.8. The Labute approximate surface area is 222 Å². The number of hydrogen-bond donors (Lipinski definition) is 1. The minimum absolute atomic E-state index is 0.287. The number of piperidine rings is 1. The molecule has 200 valence electrons. The van der Waals surface area contributed by atoms with Gasteiger partial charge in [-0.1, -0.05) is 50.3 Å². The summed E-state index contributed by atoms with van der Waals surface area (Å²) in [5, 5.41) is 10.3. The molecule has 0 spiro atoms. The lowest BCUT2D eigenvalue weighted by Crippen LogP contribution is -2.39. The van der Waals surface area contributed by atoms with Crippen molar-refractivity contribution in [2.24, 2.45) is 5.41 Å². The Kier molecular flexibility index (Phi) is 8.10. The topological polar surface area (TPSA) is 65.9 Å². The monoisotopic (exact) mass is 505 g/mol. The quantitative estimate of drug-likeness (QED) is 0.480. The van der Waals surface area contributed by atoms with Crippen LogP contribution < -0.4 is 4.90 Å². The van der Waals surface area contributed by atoms with Crippen LogP contribution in [0.1, 0.15) is 82.4 Å². The van der Waals surface area contributed by atoms with Crippen LogP contribution in [0.3, 0.4) is 0 Å². The molecule has 1 saturated heterocycles. The van der Waals surface area contributed by atoms with Crippen molar-refractivity contribution in [3.8, 4) is 0 Å². The van der Waals surface area contributed by atoms with Crippen LogP contribution in [0.4, 0.5) is 5.69 Å². The number of nitrogens with zero attached hydrogens (tertiary/aromatic N) is 3. The van der Waals surface area contributed by atoms with E-state index in [0.717, 1.165) is 68.9 Å². The Bertz CT molecular complexity index is 1120. The number of benzene rings is 1. The van der Waals surface area contributed by atoms with Crippen molar-refractivity contribution in [1.82, 2.24) is 9.88 Å². The second kappa shape index (κ2) is 11.0. The number of carboxylic acid groups (broad SMARTS) is 1. The standard InChI is InChI=1S/C31H43N3O3/c1-22-26(28(29(35)36)37-30(2,3)4)27(34-18-14-31(5,6)15-19-34)25(20-32-22)24-12-16-33(17-13-24)21-23-10-8-7-9-11-23/h7-12,20,28H,13-19,21H2,1-6H3,(H,35,36)/t28-/m0/s1. The molecule has 4 rings (SSSR count). The first-order valence-electron chi connectivity index (χ1n) is 13.5. The minimum Gasteiger partial charge on any atom is -0.479 e. The van der Waals surface area contributed by atoms with Crippen molar-refractivity contribution >= 4 is 17.2 Å². The van der Waals surface area contributed by atoms with Gasteiger partial charge < -0.3 is 14.7 Å². The summed E-state index contributed by atoms with van der Waals surface area (Å²) >= 11 is 0. The molecule has 1 fully saturated rings. The summed E-state index contributed by atoms with van der Waals surface area (Å²) in [5.74, 6) is -0.970. The van der Waals surface area contributed by atoms with E-state index in [1.54, 1.807) is 0 Å². The number of hydrogen-bond acceptors (Lipinski definition) is 5. The molecule has 2 aromatic rings. The summed E-state index contributed by atoms with van der Waals surface area (Å²) in [6.07, 6.45) is 6.23. The van der Waals surface area contributed by atoms with Gasteiger partial charge in [0.25, 0.3) is 0 Å². The molecule has 3 heterocycles. The van der Waals surface area contributed by atoms with Gasteiger partial charge in [0.2, 0.25) is 0 Å². The van der Waals surface area contributed by atoms with Gasteiger partial charge in [-0.2, -0.15) is 0 Å². The molecule has 2 aliphatic heterocycles. The summed E-state index contributed by atoms with van der Waals surface area (Å²) in [4.78, 5) is 22.2. The lowest BCUT2D eigenvalue weighted by Gasteiger charge is -2.41. The number of carbonyl (C=O) groups is 1. The summed E-state index contributed by atoms with van der Waals surface area (Å²) < 4.78 is 6.17.